The Morgan fingerprint density at radius 3 is 2.30 bits per heavy atom. The van der Waals surface area contributed by atoms with Crippen LogP contribution in [-0.4, -0.2) is 53.7 Å². The lowest BCUT2D eigenvalue weighted by Crippen LogP contribution is -2.46. The Kier molecular flexibility index (Phi) is 6.02. The third-order valence-electron chi connectivity index (χ3n) is 4.57. The first-order valence-electron chi connectivity index (χ1n) is 8.18. The van der Waals surface area contributed by atoms with Crippen molar-refractivity contribution in [2.45, 2.75) is 64.3 Å². The smallest absolute Gasteiger partial charge is 0.236 e. The maximum atomic E-state index is 12.4. The topological polar surface area (TPSA) is 40.6 Å². The molecular formula is C16H28N2O2. The van der Waals surface area contributed by atoms with Gasteiger partial charge in [0, 0.05) is 25.6 Å². The van der Waals surface area contributed by atoms with Crippen molar-refractivity contribution in [3.8, 4) is 0 Å². The van der Waals surface area contributed by atoms with Crippen LogP contribution in [0.25, 0.3) is 0 Å². The van der Waals surface area contributed by atoms with E-state index < -0.39 is 0 Å². The van der Waals surface area contributed by atoms with Crippen LogP contribution < -0.4 is 0 Å². The third-order valence-corrected chi connectivity index (χ3v) is 4.57. The van der Waals surface area contributed by atoms with Crippen LogP contribution in [0, 0.1) is 0 Å². The molecule has 0 radical (unpaired) electrons. The van der Waals surface area contributed by atoms with Gasteiger partial charge in [0.25, 0.3) is 0 Å². The summed E-state index contributed by atoms with van der Waals surface area (Å²) in [5.41, 5.74) is 0. The highest BCUT2D eigenvalue weighted by molar-refractivity contribution is 5.79. The van der Waals surface area contributed by atoms with E-state index in [1.807, 2.05) is 4.90 Å². The van der Waals surface area contributed by atoms with Crippen LogP contribution in [0.3, 0.4) is 0 Å². The minimum Gasteiger partial charge on any atom is -0.342 e. The van der Waals surface area contributed by atoms with Crippen LogP contribution in [0.2, 0.25) is 0 Å². The van der Waals surface area contributed by atoms with E-state index in [1.165, 1.54) is 19.3 Å². The van der Waals surface area contributed by atoms with Gasteiger partial charge in [-0.15, -0.1) is 0 Å². The summed E-state index contributed by atoms with van der Waals surface area (Å²) in [4.78, 5) is 28.1. The molecule has 2 saturated heterocycles. The summed E-state index contributed by atoms with van der Waals surface area (Å²) in [7, 11) is 0. The molecule has 1 unspecified atom stereocenters. The van der Waals surface area contributed by atoms with E-state index in [2.05, 4.69) is 4.90 Å². The Morgan fingerprint density at radius 2 is 1.60 bits per heavy atom. The van der Waals surface area contributed by atoms with Crippen molar-refractivity contribution < 1.29 is 9.59 Å². The largest absolute Gasteiger partial charge is 0.342 e. The fourth-order valence-electron chi connectivity index (χ4n) is 3.42. The third kappa shape index (κ3) is 4.58. The Labute approximate surface area is 122 Å². The van der Waals surface area contributed by atoms with Gasteiger partial charge in [0.1, 0.15) is 5.78 Å². The summed E-state index contributed by atoms with van der Waals surface area (Å²) >= 11 is 0. The zero-order valence-electron chi connectivity index (χ0n) is 12.8. The number of likely N-dealkylation sites (tertiary alicyclic amines) is 2. The maximum absolute atomic E-state index is 12.4. The number of amides is 1. The maximum Gasteiger partial charge on any atom is 0.236 e. The van der Waals surface area contributed by atoms with Crippen LogP contribution in [0.5, 0.6) is 0 Å². The van der Waals surface area contributed by atoms with Crippen molar-refractivity contribution in [1.82, 2.24) is 9.80 Å². The van der Waals surface area contributed by atoms with Crippen molar-refractivity contribution >= 4 is 11.7 Å². The molecule has 1 amide bonds. The minimum atomic E-state index is 0.243. The molecule has 0 aromatic carbocycles. The molecule has 0 spiro atoms. The van der Waals surface area contributed by atoms with E-state index in [1.54, 1.807) is 6.92 Å². The molecule has 0 N–H and O–H groups in total. The van der Waals surface area contributed by atoms with E-state index in [-0.39, 0.29) is 17.7 Å². The van der Waals surface area contributed by atoms with Crippen LogP contribution in [0.1, 0.15) is 58.3 Å². The standard InChI is InChI=1S/C16H28N2O2/c1-14(19)12-15-8-4-2-5-11-18(15)13-16(20)17-9-6-3-7-10-17/h15H,2-13H2,1H3. The van der Waals surface area contributed by atoms with Gasteiger partial charge in [0.15, 0.2) is 0 Å². The number of carbonyl (C=O) groups excluding carboxylic acids is 2. The average Bonchev–Trinajstić information content (AvgIpc) is 2.65. The lowest BCUT2D eigenvalue weighted by atomic mass is 10.0. The van der Waals surface area contributed by atoms with E-state index in [4.69, 9.17) is 0 Å². The minimum absolute atomic E-state index is 0.243. The first-order valence-corrected chi connectivity index (χ1v) is 8.18. The van der Waals surface area contributed by atoms with Gasteiger partial charge in [-0.3, -0.25) is 14.5 Å². The molecular weight excluding hydrogens is 252 g/mol. The summed E-state index contributed by atoms with van der Waals surface area (Å²) in [6.45, 7) is 4.99. The first kappa shape index (κ1) is 15.5. The summed E-state index contributed by atoms with van der Waals surface area (Å²) in [6, 6.07) is 0.281. The molecule has 114 valence electrons. The van der Waals surface area contributed by atoms with Gasteiger partial charge in [-0.05, 0) is 45.6 Å². The van der Waals surface area contributed by atoms with Gasteiger partial charge >= 0.3 is 0 Å². The van der Waals surface area contributed by atoms with Gasteiger partial charge in [-0.25, -0.2) is 0 Å². The number of ketones is 1. The predicted octanol–water partition coefficient (Wildman–Crippen LogP) is 2.22. The lowest BCUT2D eigenvalue weighted by molar-refractivity contribution is -0.134. The molecule has 20 heavy (non-hydrogen) atoms. The van der Waals surface area contributed by atoms with Gasteiger partial charge < -0.3 is 4.90 Å². The number of carbonyl (C=O) groups is 2. The molecule has 0 aliphatic carbocycles. The molecule has 2 aliphatic heterocycles. The number of hydrogen-bond acceptors (Lipinski definition) is 3. The highest BCUT2D eigenvalue weighted by Gasteiger charge is 2.26. The van der Waals surface area contributed by atoms with E-state index >= 15 is 0 Å². The lowest BCUT2D eigenvalue weighted by Gasteiger charge is -2.33. The molecule has 2 aliphatic rings. The van der Waals surface area contributed by atoms with Crippen LogP contribution in [-0.2, 0) is 9.59 Å². The van der Waals surface area contributed by atoms with Gasteiger partial charge in [-0.2, -0.15) is 0 Å². The Morgan fingerprint density at radius 1 is 0.950 bits per heavy atom. The highest BCUT2D eigenvalue weighted by atomic mass is 16.2. The quantitative estimate of drug-likeness (QED) is 0.793. The Balaban J connectivity index is 1.91. The Bertz CT molecular complexity index is 337. The van der Waals surface area contributed by atoms with Crippen molar-refractivity contribution in [1.29, 1.82) is 0 Å². The van der Waals surface area contributed by atoms with Gasteiger partial charge in [-0.1, -0.05) is 12.8 Å². The van der Waals surface area contributed by atoms with Crippen molar-refractivity contribution in [3.05, 3.63) is 0 Å². The summed E-state index contributed by atoms with van der Waals surface area (Å²) in [5.74, 6) is 0.507. The second-order valence-electron chi connectivity index (χ2n) is 6.32. The molecule has 0 aromatic rings. The number of hydrogen-bond donors (Lipinski definition) is 0. The van der Waals surface area contributed by atoms with Crippen LogP contribution >= 0.6 is 0 Å². The van der Waals surface area contributed by atoms with Crippen molar-refractivity contribution in [2.75, 3.05) is 26.2 Å². The molecule has 2 fully saturated rings. The summed E-state index contributed by atoms with van der Waals surface area (Å²) < 4.78 is 0. The molecule has 2 rings (SSSR count). The van der Waals surface area contributed by atoms with Crippen molar-refractivity contribution in [2.24, 2.45) is 0 Å². The fourth-order valence-corrected chi connectivity index (χ4v) is 3.42. The zero-order valence-corrected chi connectivity index (χ0v) is 12.8. The summed E-state index contributed by atoms with van der Waals surface area (Å²) in [6.07, 6.45) is 8.77. The number of Topliss-reactive ketones (excluding diaryl/α,β-unsaturated/α-hetero) is 1. The average molecular weight is 280 g/mol. The molecule has 4 nitrogen and oxygen atoms in total. The zero-order chi connectivity index (χ0) is 14.4. The van der Waals surface area contributed by atoms with E-state index in [0.29, 0.717) is 13.0 Å². The fraction of sp³-hybridized carbons (Fsp3) is 0.875. The normalized spacial score (nSPS) is 25.2. The molecule has 2 heterocycles. The highest BCUT2D eigenvalue weighted by Crippen LogP contribution is 2.20. The number of piperidine rings is 1. The van der Waals surface area contributed by atoms with Gasteiger partial charge in [0.05, 0.1) is 6.54 Å². The van der Waals surface area contributed by atoms with Crippen LogP contribution in [0.4, 0.5) is 0 Å². The molecule has 4 heteroatoms. The van der Waals surface area contributed by atoms with E-state index in [9.17, 15) is 9.59 Å². The molecule has 0 aromatic heterocycles. The number of rotatable bonds is 4. The predicted molar refractivity (Wildman–Crippen MR) is 79.6 cm³/mol. The molecule has 0 saturated carbocycles. The second kappa shape index (κ2) is 7.77. The van der Waals surface area contributed by atoms with E-state index in [0.717, 1.165) is 45.3 Å². The van der Waals surface area contributed by atoms with Gasteiger partial charge in [0.2, 0.25) is 5.91 Å². The molecule has 0 bridgehead atoms. The number of nitrogens with zero attached hydrogens (tertiary/aromatic N) is 2. The second-order valence-corrected chi connectivity index (χ2v) is 6.32. The van der Waals surface area contributed by atoms with Crippen LogP contribution in [0.15, 0.2) is 0 Å². The first-order chi connectivity index (χ1) is 9.66. The van der Waals surface area contributed by atoms with Crippen molar-refractivity contribution in [3.63, 3.8) is 0 Å². The monoisotopic (exact) mass is 280 g/mol. The summed E-state index contributed by atoms with van der Waals surface area (Å²) in [5, 5.41) is 0. The Hall–Kier alpha value is -0.900. The molecule has 1 atom stereocenters. The SMILES string of the molecule is CC(=O)CC1CCCCCN1CC(=O)N1CCCCC1.